The Morgan fingerprint density at radius 3 is 2.72 bits per heavy atom. The summed E-state index contributed by atoms with van der Waals surface area (Å²) in [5.74, 6) is 1.69. The minimum Gasteiger partial charge on any atom is -0.494 e. The SMILES string of the molecule is CCOc1cc2c(cc1CNC(=O)NC(CN(C)C)c1ccccc1)OC(C)C2. The van der Waals surface area contributed by atoms with E-state index in [1.54, 1.807) is 0 Å². The Hall–Kier alpha value is -2.73. The van der Waals surface area contributed by atoms with Crippen LogP contribution < -0.4 is 20.1 Å². The number of nitrogens with zero attached hydrogens (tertiary/aromatic N) is 1. The Kier molecular flexibility index (Phi) is 6.99. The van der Waals surface area contributed by atoms with E-state index in [0.29, 0.717) is 19.7 Å². The van der Waals surface area contributed by atoms with Gasteiger partial charge in [0.1, 0.15) is 17.6 Å². The molecule has 0 fully saturated rings. The van der Waals surface area contributed by atoms with E-state index in [0.717, 1.165) is 34.6 Å². The summed E-state index contributed by atoms with van der Waals surface area (Å²) in [6, 6.07) is 13.7. The Balaban J connectivity index is 1.67. The summed E-state index contributed by atoms with van der Waals surface area (Å²) in [6.45, 7) is 5.68. The average Bonchev–Trinajstić information content (AvgIpc) is 3.05. The molecule has 0 radical (unpaired) electrons. The lowest BCUT2D eigenvalue weighted by molar-refractivity contribution is 0.232. The molecule has 6 nitrogen and oxygen atoms in total. The third kappa shape index (κ3) is 5.64. The molecule has 2 amide bonds. The molecular formula is C23H31N3O3. The van der Waals surface area contributed by atoms with E-state index in [2.05, 4.69) is 22.5 Å². The molecule has 2 aromatic rings. The van der Waals surface area contributed by atoms with Crippen molar-refractivity contribution in [1.82, 2.24) is 15.5 Å². The van der Waals surface area contributed by atoms with Gasteiger partial charge < -0.3 is 25.0 Å². The second-order valence-corrected chi connectivity index (χ2v) is 7.69. The number of benzene rings is 2. The third-order valence-corrected chi connectivity index (χ3v) is 4.87. The summed E-state index contributed by atoms with van der Waals surface area (Å²) in [6.07, 6.45) is 1.05. The summed E-state index contributed by atoms with van der Waals surface area (Å²) in [4.78, 5) is 14.7. The molecule has 2 aromatic carbocycles. The Morgan fingerprint density at radius 2 is 2.03 bits per heavy atom. The lowest BCUT2D eigenvalue weighted by Gasteiger charge is -2.23. The molecule has 2 N–H and O–H groups in total. The molecule has 156 valence electrons. The minimum absolute atomic E-state index is 0.0956. The highest BCUT2D eigenvalue weighted by molar-refractivity contribution is 5.74. The first kappa shape index (κ1) is 21.0. The van der Waals surface area contributed by atoms with Gasteiger partial charge in [-0.3, -0.25) is 0 Å². The fraction of sp³-hybridized carbons (Fsp3) is 0.435. The van der Waals surface area contributed by atoms with Gasteiger partial charge in [0.2, 0.25) is 0 Å². The van der Waals surface area contributed by atoms with Crippen molar-refractivity contribution in [3.8, 4) is 11.5 Å². The molecule has 0 aliphatic carbocycles. The maximum Gasteiger partial charge on any atom is 0.315 e. The maximum absolute atomic E-state index is 12.6. The third-order valence-electron chi connectivity index (χ3n) is 4.87. The van der Waals surface area contributed by atoms with Crippen molar-refractivity contribution < 1.29 is 14.3 Å². The van der Waals surface area contributed by atoms with Gasteiger partial charge in [0, 0.05) is 30.6 Å². The number of ether oxygens (including phenoxy) is 2. The number of hydrogen-bond acceptors (Lipinski definition) is 4. The fourth-order valence-corrected chi connectivity index (χ4v) is 3.58. The second-order valence-electron chi connectivity index (χ2n) is 7.69. The van der Waals surface area contributed by atoms with E-state index in [1.807, 2.05) is 63.5 Å². The summed E-state index contributed by atoms with van der Waals surface area (Å²) in [7, 11) is 3.99. The zero-order valence-electron chi connectivity index (χ0n) is 17.7. The monoisotopic (exact) mass is 397 g/mol. The van der Waals surface area contributed by atoms with Gasteiger partial charge in [-0.15, -0.1) is 0 Å². The van der Waals surface area contributed by atoms with Crippen LogP contribution in [0.1, 0.15) is 36.6 Å². The number of nitrogens with one attached hydrogen (secondary N) is 2. The molecule has 1 heterocycles. The quantitative estimate of drug-likeness (QED) is 0.716. The predicted octanol–water partition coefficient (Wildman–Crippen LogP) is 3.51. The molecule has 1 aliphatic rings. The summed E-state index contributed by atoms with van der Waals surface area (Å²) in [5.41, 5.74) is 3.15. The van der Waals surface area contributed by atoms with Crippen LogP contribution in [0.2, 0.25) is 0 Å². The number of carbonyl (C=O) groups excluding carboxylic acids is 1. The van der Waals surface area contributed by atoms with Gasteiger partial charge in [-0.05, 0) is 45.6 Å². The minimum atomic E-state index is -0.210. The molecule has 1 aliphatic heterocycles. The van der Waals surface area contributed by atoms with Crippen LogP contribution in [0, 0.1) is 0 Å². The van der Waals surface area contributed by atoms with E-state index in [4.69, 9.17) is 9.47 Å². The summed E-state index contributed by atoms with van der Waals surface area (Å²) in [5, 5.41) is 6.05. The maximum atomic E-state index is 12.6. The van der Waals surface area contributed by atoms with Gasteiger partial charge >= 0.3 is 6.03 Å². The Morgan fingerprint density at radius 1 is 1.28 bits per heavy atom. The van der Waals surface area contributed by atoms with Crippen molar-refractivity contribution in [3.63, 3.8) is 0 Å². The van der Waals surface area contributed by atoms with E-state index in [1.165, 1.54) is 0 Å². The molecule has 0 spiro atoms. The lowest BCUT2D eigenvalue weighted by atomic mass is 10.1. The van der Waals surface area contributed by atoms with Crippen molar-refractivity contribution >= 4 is 6.03 Å². The highest BCUT2D eigenvalue weighted by atomic mass is 16.5. The van der Waals surface area contributed by atoms with Crippen LogP contribution in [-0.2, 0) is 13.0 Å². The molecule has 2 unspecified atom stereocenters. The zero-order valence-corrected chi connectivity index (χ0v) is 17.7. The molecule has 29 heavy (non-hydrogen) atoms. The van der Waals surface area contributed by atoms with Crippen molar-refractivity contribution in [2.24, 2.45) is 0 Å². The topological polar surface area (TPSA) is 62.8 Å². The number of carbonyl (C=O) groups is 1. The van der Waals surface area contributed by atoms with Gasteiger partial charge in [0.05, 0.1) is 12.6 Å². The number of urea groups is 1. The van der Waals surface area contributed by atoms with Gasteiger partial charge in [-0.1, -0.05) is 30.3 Å². The smallest absolute Gasteiger partial charge is 0.315 e. The van der Waals surface area contributed by atoms with Crippen molar-refractivity contribution in [2.75, 3.05) is 27.2 Å². The number of fused-ring (bicyclic) bond motifs is 1. The molecular weight excluding hydrogens is 366 g/mol. The van der Waals surface area contributed by atoms with Crippen LogP contribution in [0.4, 0.5) is 4.79 Å². The van der Waals surface area contributed by atoms with Gasteiger partial charge in [-0.2, -0.15) is 0 Å². The first-order valence-electron chi connectivity index (χ1n) is 10.2. The largest absolute Gasteiger partial charge is 0.494 e. The Bertz CT molecular complexity index is 824. The molecule has 0 saturated carbocycles. The van der Waals surface area contributed by atoms with E-state index in [9.17, 15) is 4.79 Å². The van der Waals surface area contributed by atoms with Gasteiger partial charge in [-0.25, -0.2) is 4.79 Å². The number of rotatable bonds is 8. The van der Waals surface area contributed by atoms with E-state index >= 15 is 0 Å². The van der Waals surface area contributed by atoms with Crippen LogP contribution in [-0.4, -0.2) is 44.3 Å². The summed E-state index contributed by atoms with van der Waals surface area (Å²) >= 11 is 0. The van der Waals surface area contributed by atoms with Crippen molar-refractivity contribution in [2.45, 2.75) is 39.0 Å². The molecule has 0 aromatic heterocycles. The molecule has 0 saturated heterocycles. The number of amides is 2. The first-order chi connectivity index (χ1) is 14.0. The van der Waals surface area contributed by atoms with Gasteiger partial charge in [0.15, 0.2) is 0 Å². The number of likely N-dealkylation sites (N-methyl/N-ethyl adjacent to an activating group) is 1. The normalized spacial score (nSPS) is 16.1. The molecule has 3 rings (SSSR count). The van der Waals surface area contributed by atoms with Crippen LogP contribution >= 0.6 is 0 Å². The highest BCUT2D eigenvalue weighted by Gasteiger charge is 2.22. The first-order valence-corrected chi connectivity index (χ1v) is 10.2. The van der Waals surface area contributed by atoms with Crippen LogP contribution in [0.15, 0.2) is 42.5 Å². The molecule has 0 bridgehead atoms. The second kappa shape index (κ2) is 9.65. The molecule has 2 atom stereocenters. The average molecular weight is 398 g/mol. The van der Waals surface area contributed by atoms with Crippen LogP contribution in [0.5, 0.6) is 11.5 Å². The van der Waals surface area contributed by atoms with Crippen molar-refractivity contribution in [3.05, 3.63) is 59.2 Å². The van der Waals surface area contributed by atoms with Gasteiger partial charge in [0.25, 0.3) is 0 Å². The Labute approximate surface area is 173 Å². The standard InChI is InChI=1S/C23H31N3O3/c1-5-28-21-12-18-11-16(2)29-22(18)13-19(21)14-24-23(27)25-20(15-26(3)4)17-9-7-6-8-10-17/h6-10,12-13,16,20H,5,11,14-15H2,1-4H3,(H2,24,25,27). The summed E-state index contributed by atoms with van der Waals surface area (Å²) < 4.78 is 11.7. The van der Waals surface area contributed by atoms with Crippen molar-refractivity contribution in [1.29, 1.82) is 0 Å². The predicted molar refractivity (Wildman–Crippen MR) is 115 cm³/mol. The fourth-order valence-electron chi connectivity index (χ4n) is 3.58. The van der Waals surface area contributed by atoms with E-state index in [-0.39, 0.29) is 18.2 Å². The van der Waals surface area contributed by atoms with Crippen LogP contribution in [0.3, 0.4) is 0 Å². The lowest BCUT2D eigenvalue weighted by Crippen LogP contribution is -2.41. The van der Waals surface area contributed by atoms with Crippen LogP contribution in [0.25, 0.3) is 0 Å². The number of hydrogen-bond donors (Lipinski definition) is 2. The zero-order chi connectivity index (χ0) is 20.8. The van der Waals surface area contributed by atoms with E-state index < -0.39 is 0 Å². The highest BCUT2D eigenvalue weighted by Crippen LogP contribution is 2.35. The molecule has 6 heteroatoms.